The van der Waals surface area contributed by atoms with Gasteiger partial charge >= 0.3 is 0 Å². The van der Waals surface area contributed by atoms with E-state index in [4.69, 9.17) is 12.2 Å². The predicted molar refractivity (Wildman–Crippen MR) is 89.6 cm³/mol. The molecule has 106 valence electrons. The average molecular weight is 314 g/mol. The number of H-pyrrole nitrogens is 1. The molecule has 1 aromatic carbocycles. The molecule has 0 saturated carbocycles. The Hall–Kier alpha value is -2.05. The number of nitrogens with one attached hydrogen (secondary N) is 1. The van der Waals surface area contributed by atoms with Crippen LogP contribution in [-0.4, -0.2) is 21.1 Å². The van der Waals surface area contributed by atoms with Gasteiger partial charge in [0.1, 0.15) is 0 Å². The number of nitrogens with zero attached hydrogens (tertiary/aromatic N) is 3. The van der Waals surface area contributed by atoms with Crippen molar-refractivity contribution in [2.45, 2.75) is 13.8 Å². The Kier molecular flexibility index (Phi) is 3.81. The molecule has 0 unspecified atom stereocenters. The maximum absolute atomic E-state index is 5.27. The van der Waals surface area contributed by atoms with Crippen LogP contribution in [0.15, 0.2) is 40.8 Å². The third-order valence-electron chi connectivity index (χ3n) is 3.12. The van der Waals surface area contributed by atoms with E-state index < -0.39 is 0 Å². The van der Waals surface area contributed by atoms with Crippen LogP contribution in [0.4, 0.5) is 0 Å². The molecule has 0 aliphatic heterocycles. The molecule has 0 aliphatic rings. The summed E-state index contributed by atoms with van der Waals surface area (Å²) in [6.07, 6.45) is 1.82. The summed E-state index contributed by atoms with van der Waals surface area (Å²) < 4.78 is 2.14. The van der Waals surface area contributed by atoms with Crippen molar-refractivity contribution in [2.75, 3.05) is 0 Å². The predicted octanol–water partition coefficient (Wildman–Crippen LogP) is 4.17. The molecule has 3 aromatic rings. The first kappa shape index (κ1) is 13.9. The van der Waals surface area contributed by atoms with Crippen molar-refractivity contribution in [3.63, 3.8) is 0 Å². The zero-order valence-corrected chi connectivity index (χ0v) is 13.3. The maximum Gasteiger partial charge on any atom is 0.216 e. The molecule has 4 nitrogen and oxygen atoms in total. The lowest BCUT2D eigenvalue weighted by atomic mass is 10.1. The van der Waals surface area contributed by atoms with Crippen molar-refractivity contribution in [1.29, 1.82) is 0 Å². The van der Waals surface area contributed by atoms with Crippen molar-refractivity contribution >= 4 is 29.8 Å². The summed E-state index contributed by atoms with van der Waals surface area (Å²) >= 11 is 6.92. The Labute approximate surface area is 131 Å². The van der Waals surface area contributed by atoms with E-state index in [2.05, 4.69) is 34.4 Å². The second-order valence-electron chi connectivity index (χ2n) is 4.75. The summed E-state index contributed by atoms with van der Waals surface area (Å²) in [7, 11) is 0. The smallest absolute Gasteiger partial charge is 0.216 e. The molecule has 0 radical (unpaired) electrons. The van der Waals surface area contributed by atoms with Crippen LogP contribution in [0.2, 0.25) is 0 Å². The van der Waals surface area contributed by atoms with Crippen LogP contribution in [0.3, 0.4) is 0 Å². The van der Waals surface area contributed by atoms with Crippen molar-refractivity contribution in [3.05, 3.63) is 56.5 Å². The van der Waals surface area contributed by atoms with Gasteiger partial charge in [0.15, 0.2) is 5.82 Å². The highest BCUT2D eigenvalue weighted by Crippen LogP contribution is 2.19. The number of hydrogen-bond acceptors (Lipinski definition) is 4. The molecule has 2 heterocycles. The van der Waals surface area contributed by atoms with Gasteiger partial charge in [0.25, 0.3) is 0 Å². The van der Waals surface area contributed by atoms with Gasteiger partial charge < -0.3 is 0 Å². The van der Waals surface area contributed by atoms with Crippen LogP contribution in [0.5, 0.6) is 0 Å². The van der Waals surface area contributed by atoms with Gasteiger partial charge in [-0.2, -0.15) is 14.9 Å². The number of benzene rings is 1. The molecule has 0 aliphatic carbocycles. The first-order chi connectivity index (χ1) is 10.1. The number of aromatic amines is 1. The minimum absolute atomic E-state index is 0.483. The topological polar surface area (TPSA) is 46.0 Å². The van der Waals surface area contributed by atoms with Crippen molar-refractivity contribution in [3.8, 4) is 11.4 Å². The largest absolute Gasteiger partial charge is 0.250 e. The second-order valence-corrected chi connectivity index (χ2v) is 6.08. The van der Waals surface area contributed by atoms with Crippen LogP contribution in [0.1, 0.15) is 16.0 Å². The number of aryl methyl sites for hydroxylation is 2. The van der Waals surface area contributed by atoms with Gasteiger partial charge in [-0.05, 0) is 49.1 Å². The molecule has 0 spiro atoms. The fourth-order valence-electron chi connectivity index (χ4n) is 2.00. The van der Waals surface area contributed by atoms with E-state index in [9.17, 15) is 0 Å². The summed E-state index contributed by atoms with van der Waals surface area (Å²) in [4.78, 5) is 1.12. The van der Waals surface area contributed by atoms with Crippen LogP contribution >= 0.6 is 23.6 Å². The summed E-state index contributed by atoms with van der Waals surface area (Å²) in [5.41, 5.74) is 3.37. The summed E-state index contributed by atoms with van der Waals surface area (Å²) in [5, 5.41) is 13.6. The standard InChI is InChI=1S/C15H14N4S2/c1-10-4-3-5-12(8-10)14-17-18-15(20)19(14)16-9-13-11(2)6-7-21-13/h3-9H,1-2H3,(H,18,20)/b16-9+. The average Bonchev–Trinajstić information content (AvgIpc) is 3.03. The number of hydrogen-bond donors (Lipinski definition) is 1. The Morgan fingerprint density at radius 1 is 1.33 bits per heavy atom. The normalized spacial score (nSPS) is 11.3. The van der Waals surface area contributed by atoms with E-state index in [-0.39, 0.29) is 0 Å². The van der Waals surface area contributed by atoms with Crippen molar-refractivity contribution in [2.24, 2.45) is 5.10 Å². The van der Waals surface area contributed by atoms with Gasteiger partial charge in [-0.1, -0.05) is 23.8 Å². The Bertz CT molecular complexity index is 854. The van der Waals surface area contributed by atoms with E-state index >= 15 is 0 Å². The molecule has 0 saturated heterocycles. The number of thiophene rings is 1. The van der Waals surface area contributed by atoms with Gasteiger partial charge in [-0.25, -0.2) is 5.10 Å². The molecule has 1 N–H and O–H groups in total. The maximum atomic E-state index is 5.27. The quantitative estimate of drug-likeness (QED) is 0.582. The van der Waals surface area contributed by atoms with E-state index in [0.29, 0.717) is 10.6 Å². The molecular formula is C15H14N4S2. The highest BCUT2D eigenvalue weighted by atomic mass is 32.1. The molecule has 0 fully saturated rings. The minimum atomic E-state index is 0.483. The molecule has 3 rings (SSSR count). The van der Waals surface area contributed by atoms with E-state index in [0.717, 1.165) is 10.4 Å². The molecule has 6 heteroatoms. The second kappa shape index (κ2) is 5.75. The van der Waals surface area contributed by atoms with Crippen LogP contribution < -0.4 is 0 Å². The zero-order valence-electron chi connectivity index (χ0n) is 11.7. The first-order valence-corrected chi connectivity index (χ1v) is 7.77. The monoisotopic (exact) mass is 314 g/mol. The van der Waals surface area contributed by atoms with Crippen LogP contribution in [-0.2, 0) is 0 Å². The van der Waals surface area contributed by atoms with Gasteiger partial charge in [0, 0.05) is 5.56 Å². The van der Waals surface area contributed by atoms with Crippen LogP contribution in [0.25, 0.3) is 11.4 Å². The fourth-order valence-corrected chi connectivity index (χ4v) is 2.96. The summed E-state index contributed by atoms with van der Waals surface area (Å²) in [6, 6.07) is 10.2. The Morgan fingerprint density at radius 2 is 2.19 bits per heavy atom. The van der Waals surface area contributed by atoms with Crippen LogP contribution in [0, 0.1) is 18.6 Å². The molecule has 2 aromatic heterocycles. The highest BCUT2D eigenvalue weighted by molar-refractivity contribution is 7.71. The minimum Gasteiger partial charge on any atom is -0.250 e. The Morgan fingerprint density at radius 3 is 2.90 bits per heavy atom. The van der Waals surface area contributed by atoms with Crippen molar-refractivity contribution < 1.29 is 0 Å². The van der Waals surface area contributed by atoms with E-state index in [1.165, 1.54) is 11.1 Å². The van der Waals surface area contributed by atoms with Gasteiger partial charge in [0.05, 0.1) is 11.1 Å². The van der Waals surface area contributed by atoms with E-state index in [1.54, 1.807) is 16.0 Å². The third kappa shape index (κ3) is 2.86. The third-order valence-corrected chi connectivity index (χ3v) is 4.34. The van der Waals surface area contributed by atoms with Crippen molar-refractivity contribution in [1.82, 2.24) is 14.9 Å². The van der Waals surface area contributed by atoms with Gasteiger partial charge in [-0.15, -0.1) is 11.3 Å². The summed E-state index contributed by atoms with van der Waals surface area (Å²) in [5.74, 6) is 0.717. The zero-order chi connectivity index (χ0) is 14.8. The SMILES string of the molecule is Cc1cccc(-c2n[nH]c(=S)n2/N=C/c2sccc2C)c1. The first-order valence-electron chi connectivity index (χ1n) is 6.48. The van der Waals surface area contributed by atoms with Gasteiger partial charge in [0.2, 0.25) is 4.77 Å². The lowest BCUT2D eigenvalue weighted by molar-refractivity contribution is 0.872. The lowest BCUT2D eigenvalue weighted by Crippen LogP contribution is -1.95. The highest BCUT2D eigenvalue weighted by Gasteiger charge is 2.08. The molecule has 21 heavy (non-hydrogen) atoms. The lowest BCUT2D eigenvalue weighted by Gasteiger charge is -2.01. The molecule has 0 bridgehead atoms. The van der Waals surface area contributed by atoms with Gasteiger partial charge in [-0.3, -0.25) is 0 Å². The number of rotatable bonds is 3. The summed E-state index contributed by atoms with van der Waals surface area (Å²) in [6.45, 7) is 4.11. The molecule has 0 amide bonds. The Balaban J connectivity index is 2.04. The number of aromatic nitrogens is 3. The molecular weight excluding hydrogens is 300 g/mol. The fraction of sp³-hybridized carbons (Fsp3) is 0.133. The van der Waals surface area contributed by atoms with E-state index in [1.807, 2.05) is 36.7 Å². The molecule has 0 atom stereocenters.